The fourth-order valence-electron chi connectivity index (χ4n) is 9.65. The number of phenols is 1. The van der Waals surface area contributed by atoms with Gasteiger partial charge in [-0.25, -0.2) is 4.79 Å². The van der Waals surface area contributed by atoms with Crippen molar-refractivity contribution < 1.29 is 44.0 Å². The van der Waals surface area contributed by atoms with Gasteiger partial charge in [0.2, 0.25) is 5.91 Å². The normalized spacial score (nSPS) is 36.2. The number of amides is 1. The first-order valence-electron chi connectivity index (χ1n) is 15.5. The fraction of sp³-hybridized carbons (Fsp3) is 0.636. The molecular formula is C33H41NO9S. The lowest BCUT2D eigenvalue weighted by molar-refractivity contribution is -0.160. The van der Waals surface area contributed by atoms with E-state index in [4.69, 9.17) is 9.47 Å². The Labute approximate surface area is 260 Å². The number of carbonyl (C=O) groups excluding carboxylic acids is 4. The molecule has 10 nitrogen and oxygen atoms in total. The summed E-state index contributed by atoms with van der Waals surface area (Å²) in [5.74, 6) is -1.07. The number of aromatic hydroxyl groups is 1. The minimum absolute atomic E-state index is 0.0225. The Hall–Kier alpha value is -2.73. The molecule has 238 valence electrons. The number of carbonyl (C=O) groups is 4. The summed E-state index contributed by atoms with van der Waals surface area (Å²) in [5.41, 5.74) is 0.805. The summed E-state index contributed by atoms with van der Waals surface area (Å²) in [6.07, 6.45) is 3.48. The number of ketones is 2. The van der Waals surface area contributed by atoms with E-state index in [1.54, 1.807) is 12.1 Å². The summed E-state index contributed by atoms with van der Waals surface area (Å²) in [5, 5.41) is 33.2. The number of allylic oxidation sites excluding steroid dienone is 1. The van der Waals surface area contributed by atoms with Crippen LogP contribution in [-0.4, -0.2) is 76.7 Å². The van der Waals surface area contributed by atoms with Gasteiger partial charge in [-0.3, -0.25) is 14.4 Å². The third-order valence-electron chi connectivity index (χ3n) is 11.4. The third kappa shape index (κ3) is 5.00. The molecule has 9 atom stereocenters. The van der Waals surface area contributed by atoms with Crippen LogP contribution >= 0.6 is 11.8 Å². The van der Waals surface area contributed by atoms with Crippen molar-refractivity contribution in [3.63, 3.8) is 0 Å². The maximum absolute atomic E-state index is 13.3. The molecule has 2 bridgehead atoms. The monoisotopic (exact) mass is 627 g/mol. The van der Waals surface area contributed by atoms with E-state index in [9.17, 15) is 34.5 Å². The number of fused-ring (bicyclic) bond motifs is 6. The molecule has 0 radical (unpaired) electrons. The molecule has 6 rings (SSSR count). The maximum atomic E-state index is 13.3. The molecule has 4 aliphatic carbocycles. The Morgan fingerprint density at radius 1 is 1.16 bits per heavy atom. The van der Waals surface area contributed by atoms with Crippen molar-refractivity contribution in [1.82, 2.24) is 5.32 Å². The molecule has 1 amide bonds. The Morgan fingerprint density at radius 3 is 2.61 bits per heavy atom. The predicted molar refractivity (Wildman–Crippen MR) is 160 cm³/mol. The van der Waals surface area contributed by atoms with E-state index in [0.717, 1.165) is 24.0 Å². The van der Waals surface area contributed by atoms with Gasteiger partial charge in [-0.05, 0) is 85.0 Å². The molecule has 4 N–H and O–H groups in total. The van der Waals surface area contributed by atoms with Crippen LogP contribution in [0.2, 0.25) is 0 Å². The van der Waals surface area contributed by atoms with Gasteiger partial charge in [-0.2, -0.15) is 0 Å². The Balaban J connectivity index is 1.20. The molecule has 1 saturated heterocycles. The second-order valence-electron chi connectivity index (χ2n) is 13.4. The minimum atomic E-state index is -1.05. The molecule has 3 saturated carbocycles. The average Bonchev–Trinajstić information content (AvgIpc) is 3.54. The van der Waals surface area contributed by atoms with Crippen molar-refractivity contribution in [1.29, 1.82) is 0 Å². The predicted octanol–water partition coefficient (Wildman–Crippen LogP) is 2.67. The zero-order valence-electron chi connectivity index (χ0n) is 25.1. The van der Waals surface area contributed by atoms with Gasteiger partial charge < -0.3 is 30.1 Å². The highest BCUT2D eigenvalue weighted by molar-refractivity contribution is 8.04. The van der Waals surface area contributed by atoms with Crippen LogP contribution in [0.5, 0.6) is 5.75 Å². The zero-order chi connectivity index (χ0) is 31.4. The number of hydrogen-bond donors (Lipinski definition) is 4. The van der Waals surface area contributed by atoms with E-state index in [2.05, 4.69) is 12.2 Å². The molecule has 1 aromatic carbocycles. The molecule has 1 spiro atoms. The van der Waals surface area contributed by atoms with E-state index in [0.29, 0.717) is 37.0 Å². The van der Waals surface area contributed by atoms with Gasteiger partial charge in [0, 0.05) is 24.2 Å². The lowest BCUT2D eigenvalue weighted by Gasteiger charge is -2.57. The van der Waals surface area contributed by atoms with Crippen molar-refractivity contribution in [2.45, 2.75) is 76.7 Å². The van der Waals surface area contributed by atoms with Crippen LogP contribution in [0, 0.1) is 34.5 Å². The van der Waals surface area contributed by atoms with Crippen molar-refractivity contribution in [3.05, 3.63) is 40.3 Å². The molecule has 11 heteroatoms. The number of benzene rings is 1. The number of ether oxygens (including phenoxy) is 2. The highest BCUT2D eigenvalue weighted by Crippen LogP contribution is 2.71. The number of hydrogen-bond acceptors (Lipinski definition) is 10. The molecule has 3 unspecified atom stereocenters. The third-order valence-corrected chi connectivity index (χ3v) is 12.6. The van der Waals surface area contributed by atoms with E-state index >= 15 is 0 Å². The first-order chi connectivity index (χ1) is 21.0. The SMILES string of the molecule is COC(=O)C(Cc1ccc(O)cc1)NC(=O)CSC1=C2CC[C@H]3[C@@H]4CC[C@H](C(=O)CO)[C@@]45CC(OC5O)[C@@H]3[C@@]2(C)CCC1=O. The number of rotatable bonds is 9. The number of thioether (sulfide) groups is 1. The van der Waals surface area contributed by atoms with Gasteiger partial charge in [0.05, 0.1) is 23.9 Å². The quantitative estimate of drug-likeness (QED) is 0.300. The van der Waals surface area contributed by atoms with Crippen molar-refractivity contribution in [3.8, 4) is 5.75 Å². The Kier molecular flexibility index (Phi) is 8.45. The molecule has 1 aromatic rings. The van der Waals surface area contributed by atoms with Gasteiger partial charge in [0.1, 0.15) is 18.4 Å². The number of Topliss-reactive ketones (excluding diaryl/α,β-unsaturated/α-hetero) is 2. The van der Waals surface area contributed by atoms with Crippen LogP contribution in [0.3, 0.4) is 0 Å². The first kappa shape index (κ1) is 31.3. The fourth-order valence-corrected chi connectivity index (χ4v) is 10.8. The lowest BCUT2D eigenvalue weighted by Crippen LogP contribution is -2.56. The van der Waals surface area contributed by atoms with E-state index in [-0.39, 0.29) is 64.7 Å². The zero-order valence-corrected chi connectivity index (χ0v) is 25.9. The molecule has 44 heavy (non-hydrogen) atoms. The van der Waals surface area contributed by atoms with E-state index < -0.39 is 36.2 Å². The van der Waals surface area contributed by atoms with Gasteiger partial charge in [-0.1, -0.05) is 19.1 Å². The molecule has 1 aliphatic heterocycles. The van der Waals surface area contributed by atoms with E-state index in [1.807, 2.05) is 0 Å². The second-order valence-corrected chi connectivity index (χ2v) is 14.4. The van der Waals surface area contributed by atoms with Crippen LogP contribution in [0.4, 0.5) is 0 Å². The van der Waals surface area contributed by atoms with Gasteiger partial charge in [0.25, 0.3) is 0 Å². The van der Waals surface area contributed by atoms with Crippen LogP contribution in [-0.2, 0) is 35.1 Å². The Bertz CT molecular complexity index is 1380. The van der Waals surface area contributed by atoms with Crippen LogP contribution < -0.4 is 5.32 Å². The lowest BCUT2D eigenvalue weighted by atomic mass is 9.46. The van der Waals surface area contributed by atoms with Gasteiger partial charge in [-0.15, -0.1) is 11.8 Å². The summed E-state index contributed by atoms with van der Waals surface area (Å²) < 4.78 is 11.2. The molecule has 4 fully saturated rings. The average molecular weight is 628 g/mol. The smallest absolute Gasteiger partial charge is 0.328 e. The maximum Gasteiger partial charge on any atom is 0.328 e. The topological polar surface area (TPSA) is 159 Å². The minimum Gasteiger partial charge on any atom is -0.508 e. The van der Waals surface area contributed by atoms with Crippen LogP contribution in [0.1, 0.15) is 57.4 Å². The summed E-state index contributed by atoms with van der Waals surface area (Å²) in [7, 11) is 1.26. The van der Waals surface area contributed by atoms with Crippen molar-refractivity contribution in [2.24, 2.45) is 34.5 Å². The standard InChI is InChI=1S/C33H41NO9S/c1-32-12-11-24(37)29(44-16-27(39)34-23(30(40)42-2)13-17-3-5-18(36)6-4-17)22(32)8-7-19-20-9-10-21(25(38)15-35)33(20)14-26(28(19)32)43-31(33)41/h3-6,19-21,23,26,28,31,35-36,41H,7-16H2,1-2H3,(H,34,39)/t19-,20-,21+,23?,26?,28+,31?,32-,33+/m0/s1. The van der Waals surface area contributed by atoms with Crippen molar-refractivity contribution in [2.75, 3.05) is 19.5 Å². The summed E-state index contributed by atoms with van der Waals surface area (Å²) >= 11 is 1.22. The summed E-state index contributed by atoms with van der Waals surface area (Å²) in [6, 6.07) is 5.46. The number of methoxy groups -OCH3 is 1. The van der Waals surface area contributed by atoms with E-state index in [1.165, 1.54) is 31.0 Å². The number of esters is 1. The largest absolute Gasteiger partial charge is 0.508 e. The number of phenolic OH excluding ortho intramolecular Hbond substituents is 1. The summed E-state index contributed by atoms with van der Waals surface area (Å²) in [4.78, 5) is 52.2. The van der Waals surface area contributed by atoms with Crippen LogP contribution in [0.25, 0.3) is 0 Å². The van der Waals surface area contributed by atoms with Gasteiger partial charge in [0.15, 0.2) is 17.9 Å². The second kappa shape index (κ2) is 11.9. The molecule has 1 heterocycles. The molecule has 5 aliphatic rings. The number of aliphatic hydroxyl groups is 2. The highest BCUT2D eigenvalue weighted by Gasteiger charge is 2.71. The molecular weight excluding hydrogens is 586 g/mol. The molecule has 0 aromatic heterocycles. The number of nitrogens with one attached hydrogen (secondary N) is 1. The van der Waals surface area contributed by atoms with Crippen LogP contribution in [0.15, 0.2) is 34.7 Å². The highest BCUT2D eigenvalue weighted by atomic mass is 32.2. The Morgan fingerprint density at radius 2 is 1.91 bits per heavy atom. The number of aliphatic hydroxyl groups excluding tert-OH is 2. The van der Waals surface area contributed by atoms with Gasteiger partial charge >= 0.3 is 5.97 Å². The van der Waals surface area contributed by atoms with Crippen molar-refractivity contribution >= 4 is 35.2 Å². The first-order valence-corrected chi connectivity index (χ1v) is 16.5. The summed E-state index contributed by atoms with van der Waals surface area (Å²) in [6.45, 7) is 1.67.